The summed E-state index contributed by atoms with van der Waals surface area (Å²) in [7, 11) is 0. The molecule has 0 saturated heterocycles. The SMILES string of the molecule is CCC(O)CCCOCC(F)(F)F. The quantitative estimate of drug-likeness (QED) is 0.665. The first kappa shape index (κ1) is 12.7. The zero-order chi connectivity index (χ0) is 10.3. The maximum atomic E-state index is 11.5. The van der Waals surface area contributed by atoms with Crippen LogP contribution >= 0.6 is 0 Å². The Labute approximate surface area is 75.7 Å². The van der Waals surface area contributed by atoms with Gasteiger partial charge in [-0.05, 0) is 19.3 Å². The lowest BCUT2D eigenvalue weighted by molar-refractivity contribution is -0.174. The minimum absolute atomic E-state index is 0.0522. The number of ether oxygens (including phenoxy) is 1. The molecule has 0 aliphatic heterocycles. The van der Waals surface area contributed by atoms with Gasteiger partial charge in [0.2, 0.25) is 0 Å². The maximum Gasteiger partial charge on any atom is 0.411 e. The normalized spacial score (nSPS) is 14.5. The van der Waals surface area contributed by atoms with Gasteiger partial charge < -0.3 is 9.84 Å². The Balaban J connectivity index is 3.18. The highest BCUT2D eigenvalue weighted by atomic mass is 19.4. The van der Waals surface area contributed by atoms with E-state index in [1.165, 1.54) is 0 Å². The highest BCUT2D eigenvalue weighted by molar-refractivity contribution is 4.52. The van der Waals surface area contributed by atoms with Crippen LogP contribution in [-0.4, -0.2) is 30.6 Å². The predicted octanol–water partition coefficient (Wildman–Crippen LogP) is 2.12. The molecule has 13 heavy (non-hydrogen) atoms. The molecule has 0 saturated carbocycles. The van der Waals surface area contributed by atoms with Crippen molar-refractivity contribution in [2.45, 2.75) is 38.5 Å². The summed E-state index contributed by atoms with van der Waals surface area (Å²) < 4.78 is 39.0. The predicted molar refractivity (Wildman–Crippen MR) is 42.4 cm³/mol. The van der Waals surface area contributed by atoms with E-state index in [2.05, 4.69) is 4.74 Å². The molecule has 1 atom stereocenters. The summed E-state index contributed by atoms with van der Waals surface area (Å²) in [6.45, 7) is 0.674. The topological polar surface area (TPSA) is 29.5 Å². The van der Waals surface area contributed by atoms with Crippen molar-refractivity contribution < 1.29 is 23.0 Å². The summed E-state index contributed by atoms with van der Waals surface area (Å²) in [6, 6.07) is 0. The van der Waals surface area contributed by atoms with Gasteiger partial charge in [0, 0.05) is 6.61 Å². The number of rotatable bonds is 6. The lowest BCUT2D eigenvalue weighted by Gasteiger charge is -2.09. The Kier molecular flexibility index (Phi) is 6.07. The van der Waals surface area contributed by atoms with Gasteiger partial charge in [0.1, 0.15) is 6.61 Å². The van der Waals surface area contributed by atoms with E-state index in [0.717, 1.165) is 0 Å². The second kappa shape index (κ2) is 6.21. The number of hydrogen-bond donors (Lipinski definition) is 1. The summed E-state index contributed by atoms with van der Waals surface area (Å²) in [5, 5.41) is 9.04. The average molecular weight is 200 g/mol. The van der Waals surface area contributed by atoms with Crippen LogP contribution in [0.15, 0.2) is 0 Å². The van der Waals surface area contributed by atoms with Crippen molar-refractivity contribution in [1.29, 1.82) is 0 Å². The van der Waals surface area contributed by atoms with E-state index < -0.39 is 18.9 Å². The van der Waals surface area contributed by atoms with Crippen LogP contribution in [0.25, 0.3) is 0 Å². The fourth-order valence-corrected chi connectivity index (χ4v) is 0.813. The van der Waals surface area contributed by atoms with Crippen LogP contribution in [0.4, 0.5) is 13.2 Å². The van der Waals surface area contributed by atoms with Crippen molar-refractivity contribution in [3.63, 3.8) is 0 Å². The van der Waals surface area contributed by atoms with E-state index in [1.54, 1.807) is 0 Å². The fraction of sp³-hybridized carbons (Fsp3) is 1.00. The molecule has 2 nitrogen and oxygen atoms in total. The standard InChI is InChI=1S/C8H15F3O2/c1-2-7(12)4-3-5-13-6-8(9,10)11/h7,12H,2-6H2,1H3. The first-order chi connectivity index (χ1) is 5.95. The second-order valence-corrected chi connectivity index (χ2v) is 2.87. The third-order valence-electron chi connectivity index (χ3n) is 1.56. The van der Waals surface area contributed by atoms with Gasteiger partial charge in [-0.2, -0.15) is 13.2 Å². The van der Waals surface area contributed by atoms with E-state index in [-0.39, 0.29) is 6.61 Å². The zero-order valence-electron chi connectivity index (χ0n) is 7.60. The number of aliphatic hydroxyl groups is 1. The van der Waals surface area contributed by atoms with Crippen LogP contribution in [0, 0.1) is 0 Å². The molecular weight excluding hydrogens is 185 g/mol. The van der Waals surface area contributed by atoms with E-state index in [4.69, 9.17) is 5.11 Å². The van der Waals surface area contributed by atoms with Gasteiger partial charge >= 0.3 is 6.18 Å². The van der Waals surface area contributed by atoms with Gasteiger partial charge in [0.25, 0.3) is 0 Å². The number of aliphatic hydroxyl groups excluding tert-OH is 1. The minimum atomic E-state index is -4.25. The first-order valence-corrected chi connectivity index (χ1v) is 4.28. The van der Waals surface area contributed by atoms with Crippen LogP contribution in [0.3, 0.4) is 0 Å². The molecule has 0 aromatic heterocycles. The molecule has 0 aliphatic rings. The van der Waals surface area contributed by atoms with Crippen molar-refractivity contribution in [3.8, 4) is 0 Å². The highest BCUT2D eigenvalue weighted by Crippen LogP contribution is 2.14. The van der Waals surface area contributed by atoms with E-state index >= 15 is 0 Å². The molecule has 0 aliphatic carbocycles. The Bertz CT molecular complexity index is 125. The number of alkyl halides is 3. The third-order valence-corrected chi connectivity index (χ3v) is 1.56. The van der Waals surface area contributed by atoms with E-state index in [0.29, 0.717) is 19.3 Å². The summed E-state index contributed by atoms with van der Waals surface area (Å²) in [5.74, 6) is 0. The zero-order valence-corrected chi connectivity index (χ0v) is 7.60. The molecule has 80 valence electrons. The molecule has 0 amide bonds. The first-order valence-electron chi connectivity index (χ1n) is 4.28. The van der Waals surface area contributed by atoms with Crippen molar-refractivity contribution in [1.82, 2.24) is 0 Å². The maximum absolute atomic E-state index is 11.5. The van der Waals surface area contributed by atoms with Crippen LogP contribution in [0.2, 0.25) is 0 Å². The van der Waals surface area contributed by atoms with Gasteiger partial charge in [-0.25, -0.2) is 0 Å². The Morgan fingerprint density at radius 2 is 2.00 bits per heavy atom. The molecule has 0 heterocycles. The molecule has 0 aromatic rings. The van der Waals surface area contributed by atoms with E-state index in [1.807, 2.05) is 6.92 Å². The number of hydrogen-bond acceptors (Lipinski definition) is 2. The molecule has 0 spiro atoms. The molecule has 0 bridgehead atoms. The summed E-state index contributed by atoms with van der Waals surface area (Å²) in [4.78, 5) is 0. The largest absolute Gasteiger partial charge is 0.411 e. The molecule has 0 radical (unpaired) electrons. The molecule has 0 fully saturated rings. The van der Waals surface area contributed by atoms with Crippen LogP contribution in [0.5, 0.6) is 0 Å². The van der Waals surface area contributed by atoms with Gasteiger partial charge in [-0.15, -0.1) is 0 Å². The summed E-state index contributed by atoms with van der Waals surface area (Å²) >= 11 is 0. The Morgan fingerprint density at radius 1 is 1.38 bits per heavy atom. The summed E-state index contributed by atoms with van der Waals surface area (Å²) in [6.07, 6.45) is -3.09. The Morgan fingerprint density at radius 3 is 2.46 bits per heavy atom. The minimum Gasteiger partial charge on any atom is -0.393 e. The number of halogens is 3. The van der Waals surface area contributed by atoms with Gasteiger partial charge in [-0.3, -0.25) is 0 Å². The molecule has 0 aromatic carbocycles. The van der Waals surface area contributed by atoms with Crippen molar-refractivity contribution >= 4 is 0 Å². The van der Waals surface area contributed by atoms with E-state index in [9.17, 15) is 13.2 Å². The lowest BCUT2D eigenvalue weighted by Crippen LogP contribution is -2.17. The van der Waals surface area contributed by atoms with Crippen molar-refractivity contribution in [2.24, 2.45) is 0 Å². The molecule has 0 rings (SSSR count). The molecule has 5 heteroatoms. The van der Waals surface area contributed by atoms with Crippen molar-refractivity contribution in [3.05, 3.63) is 0 Å². The Hall–Kier alpha value is -0.290. The van der Waals surface area contributed by atoms with Crippen LogP contribution in [-0.2, 0) is 4.74 Å². The monoisotopic (exact) mass is 200 g/mol. The van der Waals surface area contributed by atoms with Crippen molar-refractivity contribution in [2.75, 3.05) is 13.2 Å². The molecular formula is C8H15F3O2. The third kappa shape index (κ3) is 9.63. The smallest absolute Gasteiger partial charge is 0.393 e. The summed E-state index contributed by atoms with van der Waals surface area (Å²) in [5.41, 5.74) is 0. The average Bonchev–Trinajstić information content (AvgIpc) is 2.01. The van der Waals surface area contributed by atoms with Gasteiger partial charge in [0.05, 0.1) is 6.10 Å². The fourth-order valence-electron chi connectivity index (χ4n) is 0.813. The van der Waals surface area contributed by atoms with Crippen LogP contribution < -0.4 is 0 Å². The molecule has 1 unspecified atom stereocenters. The highest BCUT2D eigenvalue weighted by Gasteiger charge is 2.27. The van der Waals surface area contributed by atoms with Gasteiger partial charge in [0.15, 0.2) is 0 Å². The van der Waals surface area contributed by atoms with Crippen LogP contribution in [0.1, 0.15) is 26.2 Å². The lowest BCUT2D eigenvalue weighted by atomic mass is 10.2. The second-order valence-electron chi connectivity index (χ2n) is 2.87. The van der Waals surface area contributed by atoms with Gasteiger partial charge in [-0.1, -0.05) is 6.92 Å². The molecule has 1 N–H and O–H groups in total.